The molecule has 0 spiro atoms. The SMILES string of the molecule is CC(C)CC[C@@H](O)[C@@](C)(O)[C@H]1CC[C@@]2(O)C3=CC(=O)[C@@H]4C[C@H](O)[C@@H](O)C[C@]4(C)[C@H]3CC[C@@]12C. The number of aliphatic hydroxyl groups is 5. The molecule has 0 unspecified atom stereocenters. The van der Waals surface area contributed by atoms with Crippen LogP contribution in [0.4, 0.5) is 0 Å². The second kappa shape index (κ2) is 8.12. The maximum atomic E-state index is 13.2. The standard InChI is InChI=1S/C27H44O6/c1-15(2)6-7-23(31)26(5,32)22-9-11-27(33)17-12-19(28)18-13-20(29)21(30)14-24(18,3)16(17)8-10-25(22,27)4/h12,15-16,18,20-23,29-33H,6-11,13-14H2,1-5H3/t16-,18-,20-,21-,22-,23+,24+,25-,26-,27+/m0/s1. The van der Waals surface area contributed by atoms with E-state index < -0.39 is 40.3 Å². The molecule has 6 nitrogen and oxygen atoms in total. The Morgan fingerprint density at radius 3 is 2.39 bits per heavy atom. The smallest absolute Gasteiger partial charge is 0.159 e. The number of ketones is 1. The number of rotatable bonds is 5. The van der Waals surface area contributed by atoms with Crippen molar-refractivity contribution >= 4 is 5.78 Å². The molecule has 0 heterocycles. The third-order valence-corrected chi connectivity index (χ3v) is 10.5. The van der Waals surface area contributed by atoms with Gasteiger partial charge in [0.15, 0.2) is 5.78 Å². The second-order valence-electron chi connectivity index (χ2n) is 12.8. The predicted molar refractivity (Wildman–Crippen MR) is 125 cm³/mol. The van der Waals surface area contributed by atoms with Crippen LogP contribution in [0.15, 0.2) is 11.6 Å². The van der Waals surface area contributed by atoms with Gasteiger partial charge in [-0.25, -0.2) is 0 Å². The van der Waals surface area contributed by atoms with E-state index in [4.69, 9.17) is 0 Å². The highest BCUT2D eigenvalue weighted by molar-refractivity contribution is 5.95. The van der Waals surface area contributed by atoms with E-state index in [1.54, 1.807) is 13.0 Å². The second-order valence-corrected chi connectivity index (χ2v) is 12.8. The number of fused-ring (bicyclic) bond motifs is 5. The van der Waals surface area contributed by atoms with Gasteiger partial charge in [-0.05, 0) is 93.1 Å². The molecule has 0 amide bonds. The highest BCUT2D eigenvalue weighted by atomic mass is 16.3. The average Bonchev–Trinajstić information content (AvgIpc) is 3.00. The maximum Gasteiger partial charge on any atom is 0.159 e. The van der Waals surface area contributed by atoms with Crippen molar-refractivity contribution in [3.05, 3.63) is 11.6 Å². The Balaban J connectivity index is 1.68. The van der Waals surface area contributed by atoms with Gasteiger partial charge >= 0.3 is 0 Å². The van der Waals surface area contributed by atoms with Gasteiger partial charge in [0.1, 0.15) is 0 Å². The summed E-state index contributed by atoms with van der Waals surface area (Å²) in [6, 6.07) is 0. The van der Waals surface area contributed by atoms with Gasteiger partial charge < -0.3 is 25.5 Å². The van der Waals surface area contributed by atoms with Gasteiger partial charge in [0, 0.05) is 11.3 Å². The molecule has 0 radical (unpaired) electrons. The van der Waals surface area contributed by atoms with Gasteiger partial charge in [-0.3, -0.25) is 4.79 Å². The minimum Gasteiger partial charge on any atom is -0.390 e. The molecule has 3 saturated carbocycles. The molecule has 4 rings (SSSR count). The zero-order chi connectivity index (χ0) is 24.6. The van der Waals surface area contributed by atoms with Crippen LogP contribution in [0.2, 0.25) is 0 Å². The summed E-state index contributed by atoms with van der Waals surface area (Å²) in [5.74, 6) is -0.331. The number of carbonyl (C=O) groups is 1. The molecule has 0 aliphatic heterocycles. The first-order chi connectivity index (χ1) is 15.2. The summed E-state index contributed by atoms with van der Waals surface area (Å²) in [7, 11) is 0. The molecule has 0 saturated heterocycles. The van der Waals surface area contributed by atoms with Crippen LogP contribution < -0.4 is 0 Å². The molecule has 3 fully saturated rings. The van der Waals surface area contributed by atoms with Crippen LogP contribution in [0.5, 0.6) is 0 Å². The van der Waals surface area contributed by atoms with Crippen LogP contribution in [-0.4, -0.2) is 60.8 Å². The van der Waals surface area contributed by atoms with Crippen LogP contribution in [-0.2, 0) is 4.79 Å². The lowest BCUT2D eigenvalue weighted by Gasteiger charge is -2.60. The topological polar surface area (TPSA) is 118 Å². The van der Waals surface area contributed by atoms with Gasteiger partial charge in [-0.15, -0.1) is 0 Å². The van der Waals surface area contributed by atoms with Crippen LogP contribution in [0.3, 0.4) is 0 Å². The predicted octanol–water partition coefficient (Wildman–Crippen LogP) is 2.74. The van der Waals surface area contributed by atoms with Crippen molar-refractivity contribution < 1.29 is 30.3 Å². The lowest BCUT2D eigenvalue weighted by atomic mass is 9.45. The Morgan fingerprint density at radius 2 is 1.76 bits per heavy atom. The molecular weight excluding hydrogens is 420 g/mol. The van der Waals surface area contributed by atoms with E-state index in [-0.39, 0.29) is 30.0 Å². The molecule has 5 N–H and O–H groups in total. The molecule has 4 aliphatic rings. The van der Waals surface area contributed by atoms with Gasteiger partial charge in [-0.1, -0.05) is 27.7 Å². The van der Waals surface area contributed by atoms with Crippen molar-refractivity contribution in [1.82, 2.24) is 0 Å². The van der Waals surface area contributed by atoms with E-state index in [1.165, 1.54) is 0 Å². The Labute approximate surface area is 198 Å². The summed E-state index contributed by atoms with van der Waals surface area (Å²) in [4.78, 5) is 13.2. The van der Waals surface area contributed by atoms with Gasteiger partial charge in [0.05, 0.1) is 29.5 Å². The summed E-state index contributed by atoms with van der Waals surface area (Å²) in [6.45, 7) is 9.96. The van der Waals surface area contributed by atoms with E-state index in [9.17, 15) is 30.3 Å². The molecule has 0 aromatic heterocycles. The summed E-state index contributed by atoms with van der Waals surface area (Å²) in [5, 5.41) is 55.4. The summed E-state index contributed by atoms with van der Waals surface area (Å²) < 4.78 is 0. The van der Waals surface area contributed by atoms with E-state index >= 15 is 0 Å². The highest BCUT2D eigenvalue weighted by Crippen LogP contribution is 2.68. The number of hydrogen-bond acceptors (Lipinski definition) is 6. The van der Waals surface area contributed by atoms with Gasteiger partial charge in [-0.2, -0.15) is 0 Å². The molecule has 0 aromatic carbocycles. The first-order valence-electron chi connectivity index (χ1n) is 12.9. The van der Waals surface area contributed by atoms with E-state index in [0.717, 1.165) is 18.4 Å². The Hall–Kier alpha value is -0.790. The van der Waals surface area contributed by atoms with Gasteiger partial charge in [0.25, 0.3) is 0 Å². The minimum absolute atomic E-state index is 0.0463. The number of aliphatic hydroxyl groups excluding tert-OH is 3. The number of carbonyl (C=O) groups excluding carboxylic acids is 1. The molecule has 0 aromatic rings. The fourth-order valence-electron chi connectivity index (χ4n) is 8.32. The first-order valence-corrected chi connectivity index (χ1v) is 12.9. The third-order valence-electron chi connectivity index (χ3n) is 10.5. The van der Waals surface area contributed by atoms with Crippen molar-refractivity contribution in [3.8, 4) is 0 Å². The van der Waals surface area contributed by atoms with E-state index in [1.807, 2.05) is 13.8 Å². The van der Waals surface area contributed by atoms with E-state index in [0.29, 0.717) is 38.0 Å². The minimum atomic E-state index is -1.34. The fourth-order valence-corrected chi connectivity index (χ4v) is 8.32. The highest BCUT2D eigenvalue weighted by Gasteiger charge is 2.69. The molecular formula is C27H44O6. The van der Waals surface area contributed by atoms with Crippen LogP contribution in [0.1, 0.15) is 86.0 Å². The number of allylic oxidation sites excluding steroid dienone is 1. The summed E-state index contributed by atoms with van der Waals surface area (Å²) >= 11 is 0. The zero-order valence-electron chi connectivity index (χ0n) is 20.9. The van der Waals surface area contributed by atoms with Crippen molar-refractivity contribution in [3.63, 3.8) is 0 Å². The van der Waals surface area contributed by atoms with Gasteiger partial charge in [0.2, 0.25) is 0 Å². The maximum absolute atomic E-state index is 13.2. The molecule has 0 bridgehead atoms. The Morgan fingerprint density at radius 1 is 1.09 bits per heavy atom. The molecule has 6 heteroatoms. The summed E-state index contributed by atoms with van der Waals surface area (Å²) in [5.41, 5.74) is -2.98. The normalized spacial score (nSPS) is 47.9. The molecule has 188 valence electrons. The molecule has 33 heavy (non-hydrogen) atoms. The third kappa shape index (κ3) is 3.58. The Kier molecular flexibility index (Phi) is 6.23. The lowest BCUT2D eigenvalue weighted by Crippen LogP contribution is -2.62. The molecule has 10 atom stereocenters. The largest absolute Gasteiger partial charge is 0.390 e. The zero-order valence-corrected chi connectivity index (χ0v) is 20.9. The van der Waals surface area contributed by atoms with Crippen molar-refractivity contribution in [2.24, 2.45) is 34.5 Å². The van der Waals surface area contributed by atoms with Crippen LogP contribution >= 0.6 is 0 Å². The summed E-state index contributed by atoms with van der Waals surface area (Å²) in [6.07, 6.45) is 3.39. The first kappa shape index (κ1) is 25.3. The van der Waals surface area contributed by atoms with Crippen molar-refractivity contribution in [2.75, 3.05) is 0 Å². The fraction of sp³-hybridized carbons (Fsp3) is 0.889. The van der Waals surface area contributed by atoms with Crippen molar-refractivity contribution in [1.29, 1.82) is 0 Å². The van der Waals surface area contributed by atoms with Crippen LogP contribution in [0.25, 0.3) is 0 Å². The van der Waals surface area contributed by atoms with Crippen molar-refractivity contribution in [2.45, 2.75) is 115 Å². The Bertz CT molecular complexity index is 819. The molecule has 4 aliphatic carbocycles. The van der Waals surface area contributed by atoms with Crippen LogP contribution in [0, 0.1) is 34.5 Å². The monoisotopic (exact) mass is 464 g/mol. The lowest BCUT2D eigenvalue weighted by molar-refractivity contribution is -0.176. The quantitative estimate of drug-likeness (QED) is 0.427. The number of hydrogen-bond donors (Lipinski definition) is 5. The average molecular weight is 465 g/mol. The van der Waals surface area contributed by atoms with E-state index in [2.05, 4.69) is 13.8 Å².